The fourth-order valence-electron chi connectivity index (χ4n) is 4.02. The summed E-state index contributed by atoms with van der Waals surface area (Å²) in [5.41, 5.74) is 3.32. The minimum atomic E-state index is -0.00601. The zero-order valence-electron chi connectivity index (χ0n) is 14.2. The molecule has 0 bridgehead atoms. The molecule has 2 N–H and O–H groups in total. The van der Waals surface area contributed by atoms with Crippen LogP contribution in [0.3, 0.4) is 0 Å². The van der Waals surface area contributed by atoms with E-state index in [1.807, 2.05) is 12.4 Å². The molecule has 2 aromatic heterocycles. The molecule has 5 rings (SSSR count). The Morgan fingerprint density at radius 1 is 1.08 bits per heavy atom. The van der Waals surface area contributed by atoms with E-state index in [4.69, 9.17) is 0 Å². The zero-order valence-corrected chi connectivity index (χ0v) is 14.2. The number of anilines is 2. The molecule has 4 heterocycles. The number of fused-ring (bicyclic) bond motifs is 1. The van der Waals surface area contributed by atoms with Crippen molar-refractivity contribution in [3.63, 3.8) is 0 Å². The first-order valence-corrected chi connectivity index (χ1v) is 9.24. The largest absolute Gasteiger partial charge is 0.341 e. The second kappa shape index (κ2) is 5.82. The standard InChI is InChI=1S/C18H22N6O/c25-14-8-13(15-16(11-4-5-11)22-23-17(15)21-14)12-9-19-18(20-10-12)24-6-2-1-3-7-24/h9-11,13H,1-8H2,(H2,21,22,23,25). The lowest BCUT2D eigenvalue weighted by molar-refractivity contribution is -0.116. The molecule has 130 valence electrons. The van der Waals surface area contributed by atoms with Gasteiger partial charge >= 0.3 is 0 Å². The molecule has 1 saturated carbocycles. The zero-order chi connectivity index (χ0) is 16.8. The summed E-state index contributed by atoms with van der Waals surface area (Å²) in [5.74, 6) is 2.05. The normalized spacial score (nSPS) is 23.3. The summed E-state index contributed by atoms with van der Waals surface area (Å²) in [4.78, 5) is 23.6. The van der Waals surface area contributed by atoms with Crippen LogP contribution in [0.4, 0.5) is 11.8 Å². The maximum Gasteiger partial charge on any atom is 0.226 e. The number of nitrogens with zero attached hydrogens (tertiary/aromatic N) is 4. The van der Waals surface area contributed by atoms with Gasteiger partial charge in [0.25, 0.3) is 0 Å². The number of carbonyl (C=O) groups excluding carboxylic acids is 1. The predicted molar refractivity (Wildman–Crippen MR) is 93.7 cm³/mol. The summed E-state index contributed by atoms with van der Waals surface area (Å²) < 4.78 is 0. The van der Waals surface area contributed by atoms with Crippen LogP contribution in [0.2, 0.25) is 0 Å². The molecular weight excluding hydrogens is 316 g/mol. The van der Waals surface area contributed by atoms with E-state index < -0.39 is 0 Å². The molecule has 1 amide bonds. The highest BCUT2D eigenvalue weighted by Gasteiger charge is 2.37. The first-order valence-electron chi connectivity index (χ1n) is 9.24. The van der Waals surface area contributed by atoms with Gasteiger partial charge in [0.2, 0.25) is 11.9 Å². The quantitative estimate of drug-likeness (QED) is 0.898. The van der Waals surface area contributed by atoms with Crippen molar-refractivity contribution < 1.29 is 4.79 Å². The first kappa shape index (κ1) is 14.9. The van der Waals surface area contributed by atoms with Gasteiger partial charge in [0.05, 0.1) is 0 Å². The Labute approximate surface area is 146 Å². The number of aromatic amines is 1. The number of amides is 1. The predicted octanol–water partition coefficient (Wildman–Crippen LogP) is 2.54. The Balaban J connectivity index is 1.47. The summed E-state index contributed by atoms with van der Waals surface area (Å²) in [6, 6.07) is 0. The van der Waals surface area contributed by atoms with Gasteiger partial charge in [0.1, 0.15) is 0 Å². The van der Waals surface area contributed by atoms with Crippen LogP contribution in [-0.2, 0) is 4.79 Å². The van der Waals surface area contributed by atoms with Gasteiger partial charge in [0.15, 0.2) is 5.82 Å². The fraction of sp³-hybridized carbons (Fsp3) is 0.556. The third kappa shape index (κ3) is 2.67. The van der Waals surface area contributed by atoms with Crippen molar-refractivity contribution in [1.29, 1.82) is 0 Å². The maximum absolute atomic E-state index is 12.1. The molecule has 0 radical (unpaired) electrons. The van der Waals surface area contributed by atoms with Crippen LogP contribution in [0, 0.1) is 0 Å². The van der Waals surface area contributed by atoms with Crippen LogP contribution in [0.1, 0.15) is 67.2 Å². The molecule has 25 heavy (non-hydrogen) atoms. The summed E-state index contributed by atoms with van der Waals surface area (Å²) in [6.07, 6.45) is 10.3. The van der Waals surface area contributed by atoms with E-state index in [1.165, 1.54) is 37.8 Å². The van der Waals surface area contributed by atoms with Gasteiger partial charge < -0.3 is 10.2 Å². The third-order valence-corrected chi connectivity index (χ3v) is 5.51. The Morgan fingerprint density at radius 2 is 1.84 bits per heavy atom. The number of aromatic nitrogens is 4. The molecule has 0 spiro atoms. The van der Waals surface area contributed by atoms with E-state index in [9.17, 15) is 4.79 Å². The van der Waals surface area contributed by atoms with E-state index in [1.54, 1.807) is 0 Å². The maximum atomic E-state index is 12.1. The summed E-state index contributed by atoms with van der Waals surface area (Å²) in [5, 5.41) is 10.4. The SMILES string of the molecule is O=C1CC(c2cnc(N3CCCCC3)nc2)c2c(n[nH]c2C2CC2)N1. The molecule has 7 heteroatoms. The number of nitrogens with one attached hydrogen (secondary N) is 2. The second-order valence-electron chi connectivity index (χ2n) is 7.34. The van der Waals surface area contributed by atoms with E-state index >= 15 is 0 Å². The van der Waals surface area contributed by atoms with Crippen molar-refractivity contribution in [2.75, 3.05) is 23.3 Å². The highest BCUT2D eigenvalue weighted by molar-refractivity contribution is 5.94. The minimum Gasteiger partial charge on any atom is -0.341 e. The number of hydrogen-bond donors (Lipinski definition) is 2. The number of H-pyrrole nitrogens is 1. The van der Waals surface area contributed by atoms with E-state index in [0.717, 1.165) is 30.2 Å². The van der Waals surface area contributed by atoms with Crippen molar-refractivity contribution in [3.05, 3.63) is 29.2 Å². The lowest BCUT2D eigenvalue weighted by Gasteiger charge is -2.27. The fourth-order valence-corrected chi connectivity index (χ4v) is 4.02. The van der Waals surface area contributed by atoms with E-state index in [-0.39, 0.29) is 11.8 Å². The molecule has 2 aliphatic heterocycles. The summed E-state index contributed by atoms with van der Waals surface area (Å²) in [6.45, 7) is 2.06. The molecule has 0 aromatic carbocycles. The number of hydrogen-bond acceptors (Lipinski definition) is 5. The molecule has 1 atom stereocenters. The Morgan fingerprint density at radius 3 is 2.56 bits per heavy atom. The second-order valence-corrected chi connectivity index (χ2v) is 7.34. The van der Waals surface area contributed by atoms with Gasteiger partial charge in [-0.25, -0.2) is 9.97 Å². The van der Waals surface area contributed by atoms with Gasteiger partial charge in [0, 0.05) is 55.0 Å². The van der Waals surface area contributed by atoms with Crippen molar-refractivity contribution in [2.45, 2.75) is 50.4 Å². The number of carbonyl (C=O) groups is 1. The molecule has 1 aliphatic carbocycles. The van der Waals surface area contributed by atoms with Gasteiger partial charge in [-0.05, 0) is 37.7 Å². The van der Waals surface area contributed by atoms with Gasteiger partial charge in [-0.1, -0.05) is 0 Å². The van der Waals surface area contributed by atoms with Crippen molar-refractivity contribution >= 4 is 17.7 Å². The molecule has 1 unspecified atom stereocenters. The Hall–Kier alpha value is -2.44. The van der Waals surface area contributed by atoms with Crippen LogP contribution >= 0.6 is 0 Å². The van der Waals surface area contributed by atoms with Crippen molar-refractivity contribution in [2.24, 2.45) is 0 Å². The van der Waals surface area contributed by atoms with Crippen LogP contribution in [0.15, 0.2) is 12.4 Å². The highest BCUT2D eigenvalue weighted by Crippen LogP contribution is 2.47. The average molecular weight is 338 g/mol. The lowest BCUT2D eigenvalue weighted by Crippen LogP contribution is -2.31. The van der Waals surface area contributed by atoms with Crippen LogP contribution in [0.5, 0.6) is 0 Å². The Kier molecular flexibility index (Phi) is 3.46. The molecule has 1 saturated heterocycles. The van der Waals surface area contributed by atoms with Crippen LogP contribution in [-0.4, -0.2) is 39.2 Å². The smallest absolute Gasteiger partial charge is 0.226 e. The molecule has 3 aliphatic rings. The summed E-state index contributed by atoms with van der Waals surface area (Å²) in [7, 11) is 0. The van der Waals surface area contributed by atoms with E-state index in [2.05, 4.69) is 30.4 Å². The molecular formula is C18H22N6O. The highest BCUT2D eigenvalue weighted by atomic mass is 16.1. The molecule has 7 nitrogen and oxygen atoms in total. The first-order chi connectivity index (χ1) is 12.3. The topological polar surface area (TPSA) is 86.8 Å². The lowest BCUT2D eigenvalue weighted by atomic mass is 9.86. The molecule has 2 aromatic rings. The van der Waals surface area contributed by atoms with Gasteiger partial charge in [-0.3, -0.25) is 9.89 Å². The monoisotopic (exact) mass is 338 g/mol. The van der Waals surface area contributed by atoms with Crippen LogP contribution in [0.25, 0.3) is 0 Å². The Bertz CT molecular complexity index is 788. The molecule has 2 fully saturated rings. The average Bonchev–Trinajstić information content (AvgIpc) is 3.42. The third-order valence-electron chi connectivity index (χ3n) is 5.51. The number of rotatable bonds is 3. The van der Waals surface area contributed by atoms with Gasteiger partial charge in [-0.2, -0.15) is 5.10 Å². The van der Waals surface area contributed by atoms with Crippen LogP contribution < -0.4 is 10.2 Å². The van der Waals surface area contributed by atoms with Crippen molar-refractivity contribution in [1.82, 2.24) is 20.2 Å². The number of piperidine rings is 1. The summed E-state index contributed by atoms with van der Waals surface area (Å²) >= 11 is 0. The van der Waals surface area contributed by atoms with Crippen molar-refractivity contribution in [3.8, 4) is 0 Å². The minimum absolute atomic E-state index is 0.00598. The van der Waals surface area contributed by atoms with E-state index in [0.29, 0.717) is 18.2 Å². The van der Waals surface area contributed by atoms with Gasteiger partial charge in [-0.15, -0.1) is 0 Å².